The molecule has 0 saturated carbocycles. The van der Waals surface area contributed by atoms with Crippen LogP contribution < -0.4 is 10.1 Å². The van der Waals surface area contributed by atoms with Gasteiger partial charge in [-0.15, -0.1) is 12.4 Å². The minimum absolute atomic E-state index is 0. The largest absolute Gasteiger partial charge is 0.497 e. The van der Waals surface area contributed by atoms with Gasteiger partial charge in [0.2, 0.25) is 5.76 Å². The fraction of sp³-hybridized carbons (Fsp3) is 0.318. The lowest BCUT2D eigenvalue weighted by molar-refractivity contribution is 0.0669. The number of fused-ring (bicyclic) bond motifs is 1. The summed E-state index contributed by atoms with van der Waals surface area (Å²) in [6.45, 7) is 1.45. The molecule has 2 heterocycles. The van der Waals surface area contributed by atoms with Gasteiger partial charge in [0.1, 0.15) is 11.3 Å². The molecule has 1 aliphatic heterocycles. The summed E-state index contributed by atoms with van der Waals surface area (Å²) in [5.41, 5.74) is 2.50. The number of piperidine rings is 1. The normalized spacial score (nSPS) is 16.6. The molecule has 1 aliphatic rings. The SMILES string of the molecule is CNC1CCCN(C(=O)c2oc3cc(OC)ccc3c2-c2ccccc2)C1.Cl. The van der Waals surface area contributed by atoms with Gasteiger partial charge in [0.25, 0.3) is 5.91 Å². The third-order valence-electron chi connectivity index (χ3n) is 5.27. The second-order valence-electron chi connectivity index (χ2n) is 6.91. The molecule has 0 radical (unpaired) electrons. The van der Waals surface area contributed by atoms with Gasteiger partial charge in [-0.3, -0.25) is 4.79 Å². The smallest absolute Gasteiger partial charge is 0.290 e. The number of nitrogens with zero attached hydrogens (tertiary/aromatic N) is 1. The van der Waals surface area contributed by atoms with E-state index in [9.17, 15) is 4.79 Å². The molecule has 1 aromatic heterocycles. The highest BCUT2D eigenvalue weighted by molar-refractivity contribution is 6.08. The Kier molecular flexibility index (Phi) is 6.27. The topological polar surface area (TPSA) is 54.7 Å². The molecule has 28 heavy (non-hydrogen) atoms. The van der Waals surface area contributed by atoms with Crippen molar-refractivity contribution < 1.29 is 13.9 Å². The maximum absolute atomic E-state index is 13.4. The Labute approximate surface area is 171 Å². The van der Waals surface area contributed by atoms with E-state index in [0.29, 0.717) is 29.7 Å². The van der Waals surface area contributed by atoms with Crippen LogP contribution in [0.5, 0.6) is 5.75 Å². The van der Waals surface area contributed by atoms with Gasteiger partial charge in [0, 0.05) is 36.1 Å². The Morgan fingerprint density at radius 1 is 1.21 bits per heavy atom. The maximum atomic E-state index is 13.4. The van der Waals surface area contributed by atoms with E-state index in [1.165, 1.54) is 0 Å². The molecule has 1 N–H and O–H groups in total. The van der Waals surface area contributed by atoms with Crippen molar-refractivity contribution in [3.05, 3.63) is 54.3 Å². The number of benzene rings is 2. The van der Waals surface area contributed by atoms with Crippen LogP contribution >= 0.6 is 12.4 Å². The lowest BCUT2D eigenvalue weighted by Crippen LogP contribution is -2.47. The molecule has 3 aromatic rings. The molecule has 0 spiro atoms. The molecular weight excluding hydrogens is 376 g/mol. The van der Waals surface area contributed by atoms with Crippen LogP contribution in [0.1, 0.15) is 23.4 Å². The van der Waals surface area contributed by atoms with Gasteiger partial charge >= 0.3 is 0 Å². The van der Waals surface area contributed by atoms with E-state index in [2.05, 4.69) is 5.32 Å². The highest BCUT2D eigenvalue weighted by Gasteiger charge is 2.29. The summed E-state index contributed by atoms with van der Waals surface area (Å²) in [4.78, 5) is 15.2. The lowest BCUT2D eigenvalue weighted by Gasteiger charge is -2.32. The van der Waals surface area contributed by atoms with Gasteiger partial charge in [0.15, 0.2) is 0 Å². The number of likely N-dealkylation sites (N-methyl/N-ethyl adjacent to an activating group) is 1. The molecule has 2 aromatic carbocycles. The van der Waals surface area contributed by atoms with Crippen LogP contribution in [0.25, 0.3) is 22.1 Å². The van der Waals surface area contributed by atoms with Crippen LogP contribution in [-0.4, -0.2) is 44.1 Å². The van der Waals surface area contributed by atoms with Crippen molar-refractivity contribution in [3.8, 4) is 16.9 Å². The van der Waals surface area contributed by atoms with Crippen LogP contribution in [0.15, 0.2) is 52.9 Å². The van der Waals surface area contributed by atoms with Crippen LogP contribution in [0, 0.1) is 0 Å². The van der Waals surface area contributed by atoms with Crippen molar-refractivity contribution in [2.24, 2.45) is 0 Å². The fourth-order valence-corrected chi connectivity index (χ4v) is 3.79. The average Bonchev–Trinajstić information content (AvgIpc) is 3.12. The van der Waals surface area contributed by atoms with Crippen LogP contribution in [0.3, 0.4) is 0 Å². The number of hydrogen-bond acceptors (Lipinski definition) is 4. The van der Waals surface area contributed by atoms with Crippen molar-refractivity contribution in [3.63, 3.8) is 0 Å². The molecule has 1 amide bonds. The van der Waals surface area contributed by atoms with Crippen molar-refractivity contribution in [2.75, 3.05) is 27.2 Å². The van der Waals surface area contributed by atoms with E-state index in [-0.39, 0.29) is 18.3 Å². The Bertz CT molecular complexity index is 955. The standard InChI is InChI=1S/C22H24N2O3.ClH/c1-23-16-9-6-12-24(14-16)22(25)21-20(15-7-4-3-5-8-15)18-11-10-17(26-2)13-19(18)27-21;/h3-5,7-8,10-11,13,16,23H,6,9,12,14H2,1-2H3;1H. The summed E-state index contributed by atoms with van der Waals surface area (Å²) in [5.74, 6) is 1.06. The van der Waals surface area contributed by atoms with Gasteiger partial charge < -0.3 is 19.4 Å². The zero-order valence-electron chi connectivity index (χ0n) is 16.1. The van der Waals surface area contributed by atoms with E-state index in [0.717, 1.165) is 35.9 Å². The zero-order chi connectivity index (χ0) is 18.8. The van der Waals surface area contributed by atoms with Gasteiger partial charge in [0.05, 0.1) is 7.11 Å². The third-order valence-corrected chi connectivity index (χ3v) is 5.27. The van der Waals surface area contributed by atoms with Crippen LogP contribution in [0.2, 0.25) is 0 Å². The van der Waals surface area contributed by atoms with Crippen molar-refractivity contribution in [2.45, 2.75) is 18.9 Å². The molecule has 1 atom stereocenters. The number of carbonyl (C=O) groups is 1. The summed E-state index contributed by atoms with van der Waals surface area (Å²) >= 11 is 0. The molecular formula is C22H25ClN2O3. The number of rotatable bonds is 4. The second kappa shape index (κ2) is 8.67. The molecule has 6 heteroatoms. The summed E-state index contributed by atoms with van der Waals surface area (Å²) < 4.78 is 11.4. The third kappa shape index (κ3) is 3.73. The number of furan rings is 1. The van der Waals surface area contributed by atoms with E-state index < -0.39 is 0 Å². The Morgan fingerprint density at radius 3 is 2.71 bits per heavy atom. The molecule has 1 saturated heterocycles. The first-order valence-corrected chi connectivity index (χ1v) is 9.33. The molecule has 148 valence electrons. The summed E-state index contributed by atoms with van der Waals surface area (Å²) in [6, 6.07) is 16.0. The van der Waals surface area contributed by atoms with E-state index in [1.54, 1.807) is 7.11 Å². The Morgan fingerprint density at radius 2 is 2.00 bits per heavy atom. The number of hydrogen-bond donors (Lipinski definition) is 1. The Hall–Kier alpha value is -2.50. The lowest BCUT2D eigenvalue weighted by atomic mass is 10.00. The van der Waals surface area contributed by atoms with E-state index >= 15 is 0 Å². The summed E-state index contributed by atoms with van der Waals surface area (Å²) in [5, 5.41) is 4.21. The minimum atomic E-state index is -0.0519. The zero-order valence-corrected chi connectivity index (χ0v) is 16.9. The monoisotopic (exact) mass is 400 g/mol. The number of halogens is 1. The number of methoxy groups -OCH3 is 1. The van der Waals surface area contributed by atoms with Crippen molar-refractivity contribution >= 4 is 29.3 Å². The highest BCUT2D eigenvalue weighted by atomic mass is 35.5. The van der Waals surface area contributed by atoms with Gasteiger partial charge in [-0.05, 0) is 37.6 Å². The van der Waals surface area contributed by atoms with Crippen molar-refractivity contribution in [1.29, 1.82) is 0 Å². The maximum Gasteiger partial charge on any atom is 0.290 e. The quantitative estimate of drug-likeness (QED) is 0.707. The van der Waals surface area contributed by atoms with Gasteiger partial charge in [-0.25, -0.2) is 0 Å². The molecule has 4 rings (SSSR count). The molecule has 1 fully saturated rings. The van der Waals surface area contributed by atoms with E-state index in [1.807, 2.05) is 60.5 Å². The number of ether oxygens (including phenoxy) is 1. The predicted molar refractivity (Wildman–Crippen MR) is 113 cm³/mol. The fourth-order valence-electron chi connectivity index (χ4n) is 3.79. The summed E-state index contributed by atoms with van der Waals surface area (Å²) in [6.07, 6.45) is 2.08. The number of carbonyl (C=O) groups excluding carboxylic acids is 1. The second-order valence-corrected chi connectivity index (χ2v) is 6.91. The molecule has 0 aliphatic carbocycles. The molecule has 0 bridgehead atoms. The first-order valence-electron chi connectivity index (χ1n) is 9.33. The minimum Gasteiger partial charge on any atom is -0.497 e. The molecule has 1 unspecified atom stereocenters. The van der Waals surface area contributed by atoms with Crippen molar-refractivity contribution in [1.82, 2.24) is 10.2 Å². The molecule has 5 nitrogen and oxygen atoms in total. The van der Waals surface area contributed by atoms with Gasteiger partial charge in [-0.1, -0.05) is 30.3 Å². The van der Waals surface area contributed by atoms with Gasteiger partial charge in [-0.2, -0.15) is 0 Å². The number of likely N-dealkylation sites (tertiary alicyclic amines) is 1. The summed E-state index contributed by atoms with van der Waals surface area (Å²) in [7, 11) is 3.57. The predicted octanol–water partition coefficient (Wildman–Crippen LogP) is 4.35. The van der Waals surface area contributed by atoms with Crippen LogP contribution in [-0.2, 0) is 0 Å². The number of amides is 1. The average molecular weight is 401 g/mol. The first kappa shape index (κ1) is 20.2. The van der Waals surface area contributed by atoms with Crippen LogP contribution in [0.4, 0.5) is 0 Å². The number of nitrogens with one attached hydrogen (secondary N) is 1. The van der Waals surface area contributed by atoms with E-state index in [4.69, 9.17) is 9.15 Å². The first-order chi connectivity index (χ1) is 13.2. The Balaban J connectivity index is 0.00000225. The highest BCUT2D eigenvalue weighted by Crippen LogP contribution is 2.37.